The lowest BCUT2D eigenvalue weighted by Crippen LogP contribution is -2.30. The van der Waals surface area contributed by atoms with Crippen molar-refractivity contribution < 1.29 is 14.6 Å². The van der Waals surface area contributed by atoms with Gasteiger partial charge in [0.25, 0.3) is 5.91 Å². The molecule has 0 radical (unpaired) electrons. The maximum atomic E-state index is 12.3. The molecule has 136 valence electrons. The molecule has 2 aromatic rings. The number of nitrogens with zero attached hydrogens (tertiary/aromatic N) is 2. The summed E-state index contributed by atoms with van der Waals surface area (Å²) in [6.07, 6.45) is 4.22. The number of hydrogen-bond acceptors (Lipinski definition) is 5. The van der Waals surface area contributed by atoms with Crippen molar-refractivity contribution in [3.05, 3.63) is 48.7 Å². The number of amides is 1. The molecule has 0 fully saturated rings. The van der Waals surface area contributed by atoms with Crippen LogP contribution in [0.5, 0.6) is 5.88 Å². The smallest absolute Gasteiger partial charge is 0.277 e. The highest BCUT2D eigenvalue weighted by Gasteiger charge is 2.15. The Morgan fingerprint density at radius 3 is 3.00 bits per heavy atom. The van der Waals surface area contributed by atoms with Gasteiger partial charge in [0.1, 0.15) is 0 Å². The van der Waals surface area contributed by atoms with Gasteiger partial charge in [0.05, 0.1) is 10.2 Å². The highest BCUT2D eigenvalue weighted by molar-refractivity contribution is 7.73. The van der Waals surface area contributed by atoms with Crippen molar-refractivity contribution in [3.63, 3.8) is 0 Å². The summed E-state index contributed by atoms with van der Waals surface area (Å²) in [6, 6.07) is 5.75. The number of benzene rings is 1. The standard InChI is InChI=1S/C19H20N2O3S2/c1-3-24-8-4-7-21-18(23)16(26-19(21)25)11-14-10-13-9-12(2)5-6-15(13)20-17(14)22/h5-6,9-11,23H,3-4,7-8H2,1-2H3/b14-11+. The van der Waals surface area contributed by atoms with Crippen molar-refractivity contribution in [2.45, 2.75) is 26.8 Å². The Labute approximate surface area is 160 Å². The van der Waals surface area contributed by atoms with E-state index in [0.717, 1.165) is 17.2 Å². The summed E-state index contributed by atoms with van der Waals surface area (Å²) in [5.41, 5.74) is 1.54. The highest BCUT2D eigenvalue weighted by atomic mass is 32.1. The van der Waals surface area contributed by atoms with Crippen LogP contribution in [0.3, 0.4) is 0 Å². The second kappa shape index (κ2) is 8.07. The first kappa shape index (κ1) is 18.7. The predicted molar refractivity (Wildman–Crippen MR) is 105 cm³/mol. The first-order valence-corrected chi connectivity index (χ1v) is 9.65. The van der Waals surface area contributed by atoms with Crippen LogP contribution < -0.4 is 10.6 Å². The minimum atomic E-state index is -0.317. The molecule has 0 saturated carbocycles. The van der Waals surface area contributed by atoms with Crippen molar-refractivity contribution >= 4 is 41.6 Å². The van der Waals surface area contributed by atoms with E-state index in [-0.39, 0.29) is 11.8 Å². The summed E-state index contributed by atoms with van der Waals surface area (Å²) in [7, 11) is 0. The molecular weight excluding hydrogens is 368 g/mol. The third kappa shape index (κ3) is 4.00. The Morgan fingerprint density at radius 2 is 2.23 bits per heavy atom. The van der Waals surface area contributed by atoms with Crippen molar-refractivity contribution in [2.24, 2.45) is 4.99 Å². The zero-order chi connectivity index (χ0) is 18.7. The number of thiazole rings is 1. The minimum absolute atomic E-state index is 0.0836. The van der Waals surface area contributed by atoms with Gasteiger partial charge in [-0.05, 0) is 56.8 Å². The van der Waals surface area contributed by atoms with Gasteiger partial charge in [-0.1, -0.05) is 11.6 Å². The van der Waals surface area contributed by atoms with Crippen LogP contribution in [0.2, 0.25) is 0 Å². The van der Waals surface area contributed by atoms with Gasteiger partial charge >= 0.3 is 0 Å². The van der Waals surface area contributed by atoms with Crippen LogP contribution in [0, 0.1) is 10.9 Å². The van der Waals surface area contributed by atoms with Crippen molar-refractivity contribution in [3.8, 4) is 5.88 Å². The third-order valence-electron chi connectivity index (χ3n) is 4.02. The Kier molecular flexibility index (Phi) is 5.80. The van der Waals surface area contributed by atoms with Gasteiger partial charge in [-0.2, -0.15) is 0 Å². The van der Waals surface area contributed by atoms with Crippen molar-refractivity contribution in [2.75, 3.05) is 13.2 Å². The van der Waals surface area contributed by atoms with E-state index in [1.165, 1.54) is 11.3 Å². The van der Waals surface area contributed by atoms with Crippen LogP contribution >= 0.6 is 23.6 Å². The monoisotopic (exact) mass is 388 g/mol. The number of carbonyl (C=O) groups is 1. The molecule has 0 aliphatic carbocycles. The zero-order valence-electron chi connectivity index (χ0n) is 14.7. The average molecular weight is 389 g/mol. The van der Waals surface area contributed by atoms with Crippen molar-refractivity contribution in [1.82, 2.24) is 4.57 Å². The number of aryl methyl sites for hydroxylation is 1. The SMILES string of the molecule is CCOCCCn1c(O)c(/C=C2\C=c3cc(C)ccc3=NC2=O)sc1=S. The third-order valence-corrected chi connectivity index (χ3v) is 5.40. The van der Waals surface area contributed by atoms with E-state index in [4.69, 9.17) is 17.0 Å². The highest BCUT2D eigenvalue weighted by Crippen LogP contribution is 2.29. The van der Waals surface area contributed by atoms with Crippen LogP contribution in [0.1, 0.15) is 23.8 Å². The molecule has 5 nitrogen and oxygen atoms in total. The van der Waals surface area contributed by atoms with E-state index in [1.54, 1.807) is 16.7 Å². The molecule has 0 bridgehead atoms. The van der Waals surface area contributed by atoms with Crippen LogP contribution in [0.25, 0.3) is 12.2 Å². The number of rotatable bonds is 6. The van der Waals surface area contributed by atoms with Crippen LogP contribution in [-0.2, 0) is 16.1 Å². The summed E-state index contributed by atoms with van der Waals surface area (Å²) in [5, 5.41) is 12.1. The summed E-state index contributed by atoms with van der Waals surface area (Å²) in [6.45, 7) is 5.80. The van der Waals surface area contributed by atoms with E-state index in [0.29, 0.717) is 39.5 Å². The summed E-state index contributed by atoms with van der Waals surface area (Å²) >= 11 is 6.63. The van der Waals surface area contributed by atoms with Crippen molar-refractivity contribution in [1.29, 1.82) is 0 Å². The maximum Gasteiger partial charge on any atom is 0.277 e. The number of ether oxygens (including phenoxy) is 1. The molecule has 1 aliphatic heterocycles. The lowest BCUT2D eigenvalue weighted by molar-refractivity contribution is -0.114. The number of carbonyl (C=O) groups excluding carboxylic acids is 1. The first-order chi connectivity index (χ1) is 12.5. The number of fused-ring (bicyclic) bond motifs is 1. The minimum Gasteiger partial charge on any atom is -0.493 e. The number of hydrogen-bond donors (Lipinski definition) is 1. The van der Waals surface area contributed by atoms with Crippen LogP contribution in [-0.4, -0.2) is 28.8 Å². The van der Waals surface area contributed by atoms with Gasteiger partial charge in [-0.25, -0.2) is 4.99 Å². The van der Waals surface area contributed by atoms with Crippen LogP contribution in [0.15, 0.2) is 28.8 Å². The second-order valence-corrected chi connectivity index (χ2v) is 7.66. The molecule has 7 heteroatoms. The molecule has 0 saturated heterocycles. The lowest BCUT2D eigenvalue weighted by Gasteiger charge is -2.06. The van der Waals surface area contributed by atoms with E-state index in [9.17, 15) is 9.90 Å². The second-order valence-electron chi connectivity index (χ2n) is 5.98. The van der Waals surface area contributed by atoms with E-state index in [2.05, 4.69) is 4.99 Å². The molecule has 1 aromatic carbocycles. The van der Waals surface area contributed by atoms with E-state index in [1.807, 2.05) is 32.0 Å². The van der Waals surface area contributed by atoms with Gasteiger partial charge in [0.2, 0.25) is 5.88 Å². The predicted octanol–water partition coefficient (Wildman–Crippen LogP) is 2.74. The van der Waals surface area contributed by atoms with E-state index < -0.39 is 0 Å². The molecule has 0 unspecified atom stereocenters. The average Bonchev–Trinajstić information content (AvgIpc) is 2.87. The van der Waals surface area contributed by atoms with Gasteiger partial charge in [-0.3, -0.25) is 9.36 Å². The van der Waals surface area contributed by atoms with Gasteiger partial charge in [0.15, 0.2) is 3.95 Å². The topological polar surface area (TPSA) is 63.8 Å². The number of aromatic nitrogens is 1. The molecule has 1 aliphatic rings. The first-order valence-electron chi connectivity index (χ1n) is 8.43. The Bertz CT molecular complexity index is 1050. The Morgan fingerprint density at radius 1 is 1.42 bits per heavy atom. The van der Waals surface area contributed by atoms with Gasteiger partial charge < -0.3 is 9.84 Å². The fourth-order valence-electron chi connectivity index (χ4n) is 2.71. The van der Waals surface area contributed by atoms with Crippen LogP contribution in [0.4, 0.5) is 0 Å². The molecule has 3 rings (SSSR count). The molecule has 1 amide bonds. The summed E-state index contributed by atoms with van der Waals surface area (Å²) in [4.78, 5) is 17.0. The maximum absolute atomic E-state index is 12.3. The lowest BCUT2D eigenvalue weighted by atomic mass is 10.1. The fourth-order valence-corrected chi connectivity index (χ4v) is 4.02. The van der Waals surface area contributed by atoms with E-state index >= 15 is 0 Å². The van der Waals surface area contributed by atoms with Gasteiger partial charge in [0, 0.05) is 30.6 Å². The number of aromatic hydroxyl groups is 1. The molecule has 0 spiro atoms. The summed E-state index contributed by atoms with van der Waals surface area (Å²) < 4.78 is 7.57. The quantitative estimate of drug-likeness (QED) is 0.470. The molecule has 0 atom stereocenters. The molecule has 2 heterocycles. The Balaban J connectivity index is 1.93. The normalized spacial score (nSPS) is 14.8. The largest absolute Gasteiger partial charge is 0.493 e. The molecule has 1 N–H and O–H groups in total. The molecule has 1 aromatic heterocycles. The molecular formula is C19H20N2O3S2. The van der Waals surface area contributed by atoms with Gasteiger partial charge in [-0.15, -0.1) is 11.3 Å². The summed E-state index contributed by atoms with van der Waals surface area (Å²) in [5.74, 6) is -0.233. The Hall–Kier alpha value is -2.09. The molecule has 26 heavy (non-hydrogen) atoms. The zero-order valence-corrected chi connectivity index (χ0v) is 16.3. The fraction of sp³-hybridized carbons (Fsp3) is 0.316.